The van der Waals surface area contributed by atoms with Gasteiger partial charge in [0.2, 0.25) is 5.91 Å². The lowest BCUT2D eigenvalue weighted by molar-refractivity contribution is -0.128. The normalized spacial score (nSPS) is 18.7. The van der Waals surface area contributed by atoms with Crippen LogP contribution in [-0.2, 0) is 16.1 Å². The third kappa shape index (κ3) is 3.89. The van der Waals surface area contributed by atoms with E-state index in [1.54, 1.807) is 17.0 Å². The van der Waals surface area contributed by atoms with E-state index in [2.05, 4.69) is 0 Å². The van der Waals surface area contributed by atoms with E-state index < -0.39 is 6.61 Å². The molecule has 0 bridgehead atoms. The number of fused-ring (bicyclic) bond motifs is 3. The average molecular weight is 553 g/mol. The van der Waals surface area contributed by atoms with Crippen molar-refractivity contribution in [2.75, 3.05) is 6.54 Å². The third-order valence-electron chi connectivity index (χ3n) is 6.11. The van der Waals surface area contributed by atoms with Crippen LogP contribution in [0.5, 0.6) is 0 Å². The number of benzene rings is 2. The molecule has 8 heteroatoms. The molecule has 1 amide bonds. The van der Waals surface area contributed by atoms with E-state index in [1.807, 2.05) is 46.9 Å². The molecule has 2 heterocycles. The summed E-state index contributed by atoms with van der Waals surface area (Å²) in [5.41, 5.74) is 2.39. The maximum absolute atomic E-state index is 14.3. The first-order valence-corrected chi connectivity index (χ1v) is 11.4. The number of nitrogens with zero attached hydrogens (tertiary/aromatic N) is 1. The Hall–Kier alpha value is -2.49. The van der Waals surface area contributed by atoms with Crippen molar-refractivity contribution in [2.45, 2.75) is 32.4 Å². The Morgan fingerprint density at radius 3 is 2.78 bits per heavy atom. The van der Waals surface area contributed by atoms with Crippen molar-refractivity contribution in [3.8, 4) is 0 Å². The van der Waals surface area contributed by atoms with Gasteiger partial charge in [-0.15, -0.1) is 0 Å². The number of para-hydroxylation sites is 1. The van der Waals surface area contributed by atoms with Gasteiger partial charge in [0.05, 0.1) is 0 Å². The molecule has 166 valence electrons. The highest BCUT2D eigenvalue weighted by Crippen LogP contribution is 2.33. The van der Waals surface area contributed by atoms with Crippen molar-refractivity contribution in [1.82, 2.24) is 4.90 Å². The van der Waals surface area contributed by atoms with Crippen LogP contribution in [0.2, 0.25) is 0 Å². The molecule has 1 fully saturated rings. The van der Waals surface area contributed by atoms with E-state index >= 15 is 0 Å². The molecule has 5 rings (SSSR count). The van der Waals surface area contributed by atoms with Crippen molar-refractivity contribution < 1.29 is 27.1 Å². The van der Waals surface area contributed by atoms with Crippen LogP contribution in [0.3, 0.4) is 0 Å². The zero-order valence-corrected chi connectivity index (χ0v) is 19.1. The number of likely N-dealkylation sites (tertiary alicyclic amines) is 1. The zero-order valence-electron chi connectivity index (χ0n) is 16.9. The molecule has 3 aromatic rings. The molecule has 2 aromatic carbocycles. The summed E-state index contributed by atoms with van der Waals surface area (Å²) in [6, 6.07) is 12.3. The van der Waals surface area contributed by atoms with Crippen molar-refractivity contribution in [1.29, 1.82) is 0 Å². The SMILES string of the molecule is O=C1CC(C2=c3c(oc4ccccc34)=C(OC(F)F)CC2)CN1Cc1ccc(I)cc1F. The van der Waals surface area contributed by atoms with Crippen LogP contribution in [0.25, 0.3) is 22.3 Å². The third-order valence-corrected chi connectivity index (χ3v) is 6.78. The average Bonchev–Trinajstić information content (AvgIpc) is 3.31. The molecule has 1 unspecified atom stereocenters. The lowest BCUT2D eigenvalue weighted by Gasteiger charge is -2.20. The molecule has 1 aliphatic heterocycles. The lowest BCUT2D eigenvalue weighted by Crippen LogP contribution is -2.33. The number of carbonyl (C=O) groups excluding carboxylic acids is 1. The quantitative estimate of drug-likeness (QED) is 0.437. The second-order valence-electron chi connectivity index (χ2n) is 8.04. The number of hydrogen-bond donors (Lipinski definition) is 0. The molecule has 1 saturated heterocycles. The molecular weight excluding hydrogens is 534 g/mol. The van der Waals surface area contributed by atoms with Crippen molar-refractivity contribution in [3.63, 3.8) is 0 Å². The lowest BCUT2D eigenvalue weighted by atomic mass is 9.88. The minimum atomic E-state index is -2.93. The Labute approximate surface area is 195 Å². The number of ether oxygens (including phenoxy) is 1. The summed E-state index contributed by atoms with van der Waals surface area (Å²) in [6.45, 7) is -2.28. The number of rotatable bonds is 5. The molecule has 2 aliphatic rings. The Morgan fingerprint density at radius 2 is 2.00 bits per heavy atom. The Bertz CT molecular complexity index is 1330. The smallest absolute Gasteiger partial charge is 0.387 e. The molecule has 1 atom stereocenters. The molecule has 4 nitrogen and oxygen atoms in total. The van der Waals surface area contributed by atoms with E-state index in [0.717, 1.165) is 19.7 Å². The van der Waals surface area contributed by atoms with Gasteiger partial charge < -0.3 is 14.1 Å². The van der Waals surface area contributed by atoms with Gasteiger partial charge in [-0.3, -0.25) is 4.79 Å². The monoisotopic (exact) mass is 553 g/mol. The second-order valence-corrected chi connectivity index (χ2v) is 9.29. The van der Waals surface area contributed by atoms with E-state index in [-0.39, 0.29) is 36.4 Å². The Balaban J connectivity index is 1.55. The van der Waals surface area contributed by atoms with Crippen LogP contribution in [0.1, 0.15) is 24.8 Å². The highest BCUT2D eigenvalue weighted by atomic mass is 127. The van der Waals surface area contributed by atoms with E-state index in [0.29, 0.717) is 35.9 Å². The van der Waals surface area contributed by atoms with Crippen LogP contribution in [-0.4, -0.2) is 24.0 Å². The minimum Gasteiger partial charge on any atom is -0.453 e. The van der Waals surface area contributed by atoms with E-state index in [9.17, 15) is 18.0 Å². The first-order chi connectivity index (χ1) is 15.4. The van der Waals surface area contributed by atoms with Gasteiger partial charge in [-0.05, 0) is 47.2 Å². The fraction of sp³-hybridized carbons (Fsp3) is 0.292. The number of halogens is 4. The van der Waals surface area contributed by atoms with Gasteiger partial charge in [-0.1, -0.05) is 29.8 Å². The molecule has 1 aromatic heterocycles. The topological polar surface area (TPSA) is 42.7 Å². The fourth-order valence-electron chi connectivity index (χ4n) is 4.69. The van der Waals surface area contributed by atoms with Crippen LogP contribution in [0, 0.1) is 15.3 Å². The number of hydrogen-bond acceptors (Lipinski definition) is 3. The summed E-state index contributed by atoms with van der Waals surface area (Å²) >= 11 is 2.05. The van der Waals surface area contributed by atoms with Crippen molar-refractivity contribution in [3.05, 3.63) is 68.0 Å². The molecule has 0 radical (unpaired) electrons. The van der Waals surface area contributed by atoms with Crippen molar-refractivity contribution >= 4 is 50.8 Å². The molecule has 0 spiro atoms. The molecule has 0 N–H and O–H groups in total. The largest absolute Gasteiger partial charge is 0.453 e. The van der Waals surface area contributed by atoms with Gasteiger partial charge in [-0.25, -0.2) is 4.39 Å². The van der Waals surface area contributed by atoms with Crippen LogP contribution < -0.4 is 10.6 Å². The number of alkyl halides is 2. The Morgan fingerprint density at radius 1 is 1.19 bits per heavy atom. The first kappa shape index (κ1) is 21.4. The number of amides is 1. The fourth-order valence-corrected chi connectivity index (χ4v) is 5.14. The minimum absolute atomic E-state index is 0.0478. The second kappa shape index (κ2) is 8.46. The van der Waals surface area contributed by atoms with Gasteiger partial charge in [0.1, 0.15) is 17.2 Å². The number of furan rings is 1. The van der Waals surface area contributed by atoms with Gasteiger partial charge in [0.15, 0.2) is 5.42 Å². The molecule has 1 aliphatic carbocycles. The van der Waals surface area contributed by atoms with E-state index in [4.69, 9.17) is 9.15 Å². The summed E-state index contributed by atoms with van der Waals surface area (Å²) < 4.78 is 51.7. The predicted octanol–water partition coefficient (Wildman–Crippen LogP) is 4.52. The zero-order chi connectivity index (χ0) is 22.4. The first-order valence-electron chi connectivity index (χ1n) is 10.3. The van der Waals surface area contributed by atoms with E-state index in [1.165, 1.54) is 6.07 Å². The van der Waals surface area contributed by atoms with Crippen LogP contribution in [0.15, 0.2) is 46.9 Å². The van der Waals surface area contributed by atoms with Gasteiger partial charge in [0, 0.05) is 51.6 Å². The van der Waals surface area contributed by atoms with Crippen molar-refractivity contribution in [2.24, 2.45) is 5.92 Å². The van der Waals surface area contributed by atoms with Crippen LogP contribution in [0.4, 0.5) is 13.2 Å². The standard InChI is InChI=1S/C24H19F3INO3/c25-18-10-15(28)6-5-13(18)11-29-12-14(9-21(29)30)16-7-8-20(32-24(26)27)23-22(16)17-3-1-2-4-19(17)31-23/h1-6,10,14,24H,7-9,11-12H2. The molecule has 0 saturated carbocycles. The maximum atomic E-state index is 14.3. The summed E-state index contributed by atoms with van der Waals surface area (Å²) in [5.74, 6) is -0.335. The summed E-state index contributed by atoms with van der Waals surface area (Å²) in [4.78, 5) is 14.4. The van der Waals surface area contributed by atoms with Crippen LogP contribution >= 0.6 is 22.6 Å². The molecular formula is C24H19F3INO3. The Kier molecular flexibility index (Phi) is 5.65. The summed E-state index contributed by atoms with van der Waals surface area (Å²) in [6.07, 6.45) is 1.08. The van der Waals surface area contributed by atoms with Gasteiger partial charge in [-0.2, -0.15) is 8.78 Å². The highest BCUT2D eigenvalue weighted by Gasteiger charge is 2.34. The predicted molar refractivity (Wildman–Crippen MR) is 121 cm³/mol. The summed E-state index contributed by atoms with van der Waals surface area (Å²) in [7, 11) is 0. The maximum Gasteiger partial charge on any atom is 0.387 e. The van der Waals surface area contributed by atoms with Gasteiger partial charge in [0.25, 0.3) is 0 Å². The summed E-state index contributed by atoms with van der Waals surface area (Å²) in [5, 5.41) is 1.57. The molecule has 32 heavy (non-hydrogen) atoms. The van der Waals surface area contributed by atoms with Gasteiger partial charge >= 0.3 is 6.61 Å². The number of carbonyl (C=O) groups is 1. The highest BCUT2D eigenvalue weighted by molar-refractivity contribution is 14.1.